The molecule has 0 spiro atoms. The average Bonchev–Trinajstić information content (AvgIpc) is 2.94. The van der Waals surface area contributed by atoms with E-state index in [2.05, 4.69) is 15.5 Å². The summed E-state index contributed by atoms with van der Waals surface area (Å²) in [6.45, 7) is -0.681. The fourth-order valence-electron chi connectivity index (χ4n) is 1.70. The number of carbonyl (C=O) groups excluding carboxylic acids is 1. The molecule has 0 aliphatic heterocycles. The second-order valence-corrected chi connectivity index (χ2v) is 4.07. The van der Waals surface area contributed by atoms with Gasteiger partial charge in [-0.25, -0.2) is 4.79 Å². The molecule has 0 unspecified atom stereocenters. The number of carboxylic acids is 1. The summed E-state index contributed by atoms with van der Waals surface area (Å²) in [6.07, 6.45) is 1.31. The van der Waals surface area contributed by atoms with E-state index in [1.54, 1.807) is 12.1 Å². The number of rotatable bonds is 5. The van der Waals surface area contributed by atoms with Crippen LogP contribution in [0.5, 0.6) is 0 Å². The molecule has 1 amide bonds. The van der Waals surface area contributed by atoms with Crippen molar-refractivity contribution in [3.63, 3.8) is 0 Å². The van der Waals surface area contributed by atoms with Crippen molar-refractivity contribution in [3.05, 3.63) is 42.1 Å². The molecule has 0 saturated carbocycles. The Morgan fingerprint density at radius 2 is 2.00 bits per heavy atom. The van der Waals surface area contributed by atoms with Crippen molar-refractivity contribution in [2.75, 3.05) is 6.61 Å². The molecule has 104 valence electrons. The topological polar surface area (TPSA) is 115 Å². The Kier molecular flexibility index (Phi) is 4.11. The van der Waals surface area contributed by atoms with E-state index < -0.39 is 24.5 Å². The summed E-state index contributed by atoms with van der Waals surface area (Å²) in [6, 6.07) is 7.71. The number of nitrogens with zero attached hydrogens (tertiary/aromatic N) is 1. The largest absolute Gasteiger partial charge is 0.480 e. The maximum atomic E-state index is 12.0. The van der Waals surface area contributed by atoms with Crippen LogP contribution < -0.4 is 5.32 Å². The van der Waals surface area contributed by atoms with Crippen LogP contribution >= 0.6 is 0 Å². The number of nitrogens with one attached hydrogen (secondary N) is 2. The SMILES string of the molecule is O=C(N[C@@H](CO)C(=O)O)c1cn[nH]c1-c1ccccc1. The van der Waals surface area contributed by atoms with Gasteiger partial charge in [-0.2, -0.15) is 5.10 Å². The lowest BCUT2D eigenvalue weighted by molar-refractivity contribution is -0.140. The molecular formula is C13H13N3O4. The molecule has 20 heavy (non-hydrogen) atoms. The van der Waals surface area contributed by atoms with Crippen molar-refractivity contribution in [2.24, 2.45) is 0 Å². The molecule has 2 rings (SSSR count). The summed E-state index contributed by atoms with van der Waals surface area (Å²) in [4.78, 5) is 22.8. The summed E-state index contributed by atoms with van der Waals surface area (Å²) in [5.41, 5.74) is 1.46. The summed E-state index contributed by atoms with van der Waals surface area (Å²) in [5.74, 6) is -1.91. The molecule has 2 aromatic rings. The fourth-order valence-corrected chi connectivity index (χ4v) is 1.70. The predicted molar refractivity (Wildman–Crippen MR) is 70.0 cm³/mol. The first-order valence-electron chi connectivity index (χ1n) is 5.86. The third-order valence-corrected chi connectivity index (χ3v) is 2.73. The molecule has 1 aromatic carbocycles. The highest BCUT2D eigenvalue weighted by Crippen LogP contribution is 2.20. The van der Waals surface area contributed by atoms with Gasteiger partial charge in [-0.1, -0.05) is 30.3 Å². The molecule has 4 N–H and O–H groups in total. The first-order valence-corrected chi connectivity index (χ1v) is 5.86. The van der Waals surface area contributed by atoms with Gasteiger partial charge in [-0.15, -0.1) is 0 Å². The standard InChI is InChI=1S/C13H13N3O4/c17-7-10(13(19)20)15-12(18)9-6-14-16-11(9)8-4-2-1-3-5-8/h1-6,10,17H,7H2,(H,14,16)(H,15,18)(H,19,20)/t10-/m0/s1. The fraction of sp³-hybridized carbons (Fsp3) is 0.154. The molecule has 0 bridgehead atoms. The van der Waals surface area contributed by atoms with Gasteiger partial charge in [0.1, 0.15) is 0 Å². The minimum absolute atomic E-state index is 0.218. The Balaban J connectivity index is 2.24. The van der Waals surface area contributed by atoms with E-state index in [4.69, 9.17) is 10.2 Å². The Bertz CT molecular complexity index is 609. The van der Waals surface area contributed by atoms with Crippen LogP contribution in [0.1, 0.15) is 10.4 Å². The van der Waals surface area contributed by atoms with Gasteiger partial charge in [0.2, 0.25) is 0 Å². The van der Waals surface area contributed by atoms with Gasteiger partial charge in [0, 0.05) is 5.56 Å². The Morgan fingerprint density at radius 1 is 1.30 bits per heavy atom. The molecule has 1 heterocycles. The normalized spacial score (nSPS) is 11.8. The van der Waals surface area contributed by atoms with Crippen LogP contribution in [0.25, 0.3) is 11.3 Å². The van der Waals surface area contributed by atoms with Crippen molar-refractivity contribution in [3.8, 4) is 11.3 Å². The van der Waals surface area contributed by atoms with Crippen LogP contribution in [0.3, 0.4) is 0 Å². The smallest absolute Gasteiger partial charge is 0.328 e. The number of carboxylic acid groups (broad SMARTS) is 1. The molecule has 7 heteroatoms. The summed E-state index contributed by atoms with van der Waals surface area (Å²) < 4.78 is 0. The summed E-state index contributed by atoms with van der Waals surface area (Å²) in [5, 5.41) is 26.5. The lowest BCUT2D eigenvalue weighted by atomic mass is 10.1. The van der Waals surface area contributed by atoms with Gasteiger partial charge < -0.3 is 15.5 Å². The highest BCUT2D eigenvalue weighted by Gasteiger charge is 2.22. The molecule has 1 aromatic heterocycles. The highest BCUT2D eigenvalue weighted by atomic mass is 16.4. The molecule has 7 nitrogen and oxygen atoms in total. The number of hydrogen-bond donors (Lipinski definition) is 4. The first-order chi connectivity index (χ1) is 9.63. The van der Waals surface area contributed by atoms with Gasteiger partial charge in [-0.05, 0) is 0 Å². The van der Waals surface area contributed by atoms with Crippen molar-refractivity contribution >= 4 is 11.9 Å². The zero-order valence-electron chi connectivity index (χ0n) is 10.4. The number of benzene rings is 1. The van der Waals surface area contributed by atoms with Crippen molar-refractivity contribution in [2.45, 2.75) is 6.04 Å². The maximum Gasteiger partial charge on any atom is 0.328 e. The Labute approximate surface area is 114 Å². The highest BCUT2D eigenvalue weighted by molar-refractivity contribution is 6.01. The third kappa shape index (κ3) is 2.83. The molecular weight excluding hydrogens is 262 g/mol. The first kappa shape index (κ1) is 13.8. The van der Waals surface area contributed by atoms with Crippen LogP contribution in [0.4, 0.5) is 0 Å². The second kappa shape index (κ2) is 5.98. The minimum atomic E-state index is -1.35. The van der Waals surface area contributed by atoms with Gasteiger partial charge in [-0.3, -0.25) is 9.89 Å². The Morgan fingerprint density at radius 3 is 2.60 bits per heavy atom. The molecule has 0 fully saturated rings. The number of aromatic amines is 1. The van der Waals surface area contributed by atoms with Crippen molar-refractivity contribution in [1.29, 1.82) is 0 Å². The maximum absolute atomic E-state index is 12.0. The number of amides is 1. The van der Waals surface area contributed by atoms with E-state index in [1.807, 2.05) is 18.2 Å². The lowest BCUT2D eigenvalue weighted by Crippen LogP contribution is -2.43. The van der Waals surface area contributed by atoms with E-state index in [9.17, 15) is 9.59 Å². The van der Waals surface area contributed by atoms with E-state index >= 15 is 0 Å². The molecule has 0 aliphatic rings. The average molecular weight is 275 g/mol. The summed E-state index contributed by atoms with van der Waals surface area (Å²) >= 11 is 0. The van der Waals surface area contributed by atoms with Gasteiger partial charge >= 0.3 is 5.97 Å². The van der Waals surface area contributed by atoms with Crippen LogP contribution in [0.2, 0.25) is 0 Å². The monoisotopic (exact) mass is 275 g/mol. The van der Waals surface area contributed by atoms with E-state index in [0.717, 1.165) is 5.56 Å². The number of aromatic nitrogens is 2. The van der Waals surface area contributed by atoms with Crippen molar-refractivity contribution in [1.82, 2.24) is 15.5 Å². The van der Waals surface area contributed by atoms with E-state index in [-0.39, 0.29) is 5.56 Å². The van der Waals surface area contributed by atoms with Gasteiger partial charge in [0.15, 0.2) is 6.04 Å². The summed E-state index contributed by atoms with van der Waals surface area (Å²) in [7, 11) is 0. The quantitative estimate of drug-likeness (QED) is 0.624. The Hall–Kier alpha value is -2.67. The van der Waals surface area contributed by atoms with Crippen molar-refractivity contribution < 1.29 is 19.8 Å². The van der Waals surface area contributed by atoms with Crippen LogP contribution in [0, 0.1) is 0 Å². The number of aliphatic hydroxyl groups excluding tert-OH is 1. The number of hydrogen-bond acceptors (Lipinski definition) is 4. The van der Waals surface area contributed by atoms with E-state index in [1.165, 1.54) is 6.20 Å². The third-order valence-electron chi connectivity index (χ3n) is 2.73. The van der Waals surface area contributed by atoms with E-state index in [0.29, 0.717) is 5.69 Å². The number of carbonyl (C=O) groups is 2. The van der Waals surface area contributed by atoms with Gasteiger partial charge in [0.25, 0.3) is 5.91 Å². The van der Waals surface area contributed by atoms with Crippen LogP contribution in [-0.4, -0.2) is 44.9 Å². The zero-order valence-corrected chi connectivity index (χ0v) is 10.4. The number of H-pyrrole nitrogens is 1. The molecule has 0 aliphatic carbocycles. The lowest BCUT2D eigenvalue weighted by Gasteiger charge is -2.11. The second-order valence-electron chi connectivity index (χ2n) is 4.07. The molecule has 0 radical (unpaired) electrons. The van der Waals surface area contributed by atoms with Crippen LogP contribution in [0.15, 0.2) is 36.5 Å². The van der Waals surface area contributed by atoms with Gasteiger partial charge in [0.05, 0.1) is 24.1 Å². The minimum Gasteiger partial charge on any atom is -0.480 e. The number of aliphatic carboxylic acids is 1. The zero-order chi connectivity index (χ0) is 14.5. The number of aliphatic hydroxyl groups is 1. The van der Waals surface area contributed by atoms with Crippen LogP contribution in [-0.2, 0) is 4.79 Å². The molecule has 0 saturated heterocycles. The predicted octanol–water partition coefficient (Wildman–Crippen LogP) is 0.252. The molecule has 1 atom stereocenters.